The van der Waals surface area contributed by atoms with Crippen LogP contribution in [0, 0.1) is 0 Å². The Kier molecular flexibility index (Phi) is 5.96. The predicted molar refractivity (Wildman–Crippen MR) is 97.3 cm³/mol. The molecule has 0 radical (unpaired) electrons. The zero-order valence-corrected chi connectivity index (χ0v) is 15.9. The summed E-state index contributed by atoms with van der Waals surface area (Å²) in [6.45, 7) is 0.561. The van der Waals surface area contributed by atoms with E-state index in [2.05, 4.69) is 15.4 Å². The average Bonchev–Trinajstić information content (AvgIpc) is 3.16. The summed E-state index contributed by atoms with van der Waals surface area (Å²) >= 11 is 1.01. The van der Waals surface area contributed by atoms with Gasteiger partial charge < -0.3 is 20.8 Å². The molecule has 1 saturated heterocycles. The lowest BCUT2D eigenvalue weighted by Gasteiger charge is -2.31. The molecule has 1 aliphatic carbocycles. The van der Waals surface area contributed by atoms with Gasteiger partial charge in [0.15, 0.2) is 0 Å². The fourth-order valence-corrected chi connectivity index (χ4v) is 5.26. The van der Waals surface area contributed by atoms with Crippen LogP contribution in [0.1, 0.15) is 19.3 Å². The zero-order valence-electron chi connectivity index (χ0n) is 14.3. The van der Waals surface area contributed by atoms with Crippen molar-refractivity contribution in [1.29, 1.82) is 0 Å². The number of rotatable bonds is 5. The van der Waals surface area contributed by atoms with E-state index in [1.54, 1.807) is 11.4 Å². The molecule has 1 fully saturated rings. The Labute approximate surface area is 160 Å². The highest BCUT2D eigenvalue weighted by Gasteiger charge is 2.36. The first-order valence-electron chi connectivity index (χ1n) is 8.49. The first kappa shape index (κ1) is 20.0. The van der Waals surface area contributed by atoms with Crippen molar-refractivity contribution in [3.05, 3.63) is 29.2 Å². The fraction of sp³-hybridized carbons (Fsp3) is 0.500. The Balaban J connectivity index is 1.76. The van der Waals surface area contributed by atoms with Crippen LogP contribution in [0.4, 0.5) is 0 Å². The average molecular weight is 415 g/mol. The molecule has 2 aliphatic rings. The van der Waals surface area contributed by atoms with Gasteiger partial charge in [-0.25, -0.2) is 13.1 Å². The van der Waals surface area contributed by atoms with Crippen LogP contribution in [-0.2, 0) is 19.6 Å². The lowest BCUT2D eigenvalue weighted by molar-refractivity contribution is -0.129. The van der Waals surface area contributed by atoms with E-state index >= 15 is 0 Å². The number of amides is 2. The van der Waals surface area contributed by atoms with E-state index in [9.17, 15) is 28.2 Å². The molecular weight excluding hydrogens is 394 g/mol. The van der Waals surface area contributed by atoms with Crippen LogP contribution in [0.25, 0.3) is 0 Å². The van der Waals surface area contributed by atoms with E-state index < -0.39 is 40.2 Å². The largest absolute Gasteiger partial charge is 0.390 e. The van der Waals surface area contributed by atoms with Gasteiger partial charge in [0.1, 0.15) is 16.4 Å². The molecular formula is C16H21N3O6S2. The minimum atomic E-state index is -3.90. The smallest absolute Gasteiger partial charge is 0.250 e. The highest BCUT2D eigenvalue weighted by molar-refractivity contribution is 7.91. The first-order valence-corrected chi connectivity index (χ1v) is 10.9. The third-order valence-electron chi connectivity index (χ3n) is 4.51. The molecule has 1 aromatic heterocycles. The summed E-state index contributed by atoms with van der Waals surface area (Å²) in [5.41, 5.74) is 0.116. The predicted octanol–water partition coefficient (Wildman–Crippen LogP) is -1.16. The minimum absolute atomic E-state index is 0.0630. The summed E-state index contributed by atoms with van der Waals surface area (Å²) in [7, 11) is -3.90. The summed E-state index contributed by atoms with van der Waals surface area (Å²) in [5.74, 6) is -0.843. The number of sulfonamides is 1. The molecule has 2 amide bonds. The zero-order chi connectivity index (χ0) is 19.6. The number of carbonyl (C=O) groups excluding carboxylic acids is 2. The number of carbonyl (C=O) groups is 2. The van der Waals surface area contributed by atoms with Crippen LogP contribution in [0.2, 0.25) is 0 Å². The molecule has 27 heavy (non-hydrogen) atoms. The Hall–Kier alpha value is -1.79. The van der Waals surface area contributed by atoms with Crippen molar-refractivity contribution in [2.75, 3.05) is 6.54 Å². The molecule has 0 spiro atoms. The molecule has 0 aromatic carbocycles. The van der Waals surface area contributed by atoms with Crippen LogP contribution >= 0.6 is 11.3 Å². The van der Waals surface area contributed by atoms with E-state index in [4.69, 9.17) is 0 Å². The molecule has 0 saturated carbocycles. The van der Waals surface area contributed by atoms with Crippen LogP contribution < -0.4 is 15.4 Å². The number of piperidine rings is 1. The SMILES string of the molecule is O=C(N[C@H]1CCCNC1=O)C1=C[C@@H](NS(=O)(=O)c2cccs2)[C@@H](O)[C@H](O)C1. The van der Waals surface area contributed by atoms with Gasteiger partial charge in [-0.3, -0.25) is 9.59 Å². The number of thiophene rings is 1. The molecule has 4 atom stereocenters. The number of hydrogen-bond donors (Lipinski definition) is 5. The van der Waals surface area contributed by atoms with Gasteiger partial charge in [0, 0.05) is 18.5 Å². The Morgan fingerprint density at radius 2 is 2.11 bits per heavy atom. The summed E-state index contributed by atoms with van der Waals surface area (Å²) < 4.78 is 27.1. The van der Waals surface area contributed by atoms with Crippen LogP contribution in [0.3, 0.4) is 0 Å². The molecule has 0 bridgehead atoms. The summed E-state index contributed by atoms with van der Waals surface area (Å²) in [6, 6.07) is 1.16. The lowest BCUT2D eigenvalue weighted by Crippen LogP contribution is -2.53. The lowest BCUT2D eigenvalue weighted by atomic mass is 9.90. The van der Waals surface area contributed by atoms with Crippen molar-refractivity contribution in [2.45, 2.75) is 47.8 Å². The second-order valence-corrected chi connectivity index (χ2v) is 9.38. The summed E-state index contributed by atoms with van der Waals surface area (Å²) in [4.78, 5) is 24.3. The Bertz CT molecular complexity index is 836. The molecule has 148 valence electrons. The molecule has 1 aromatic rings. The number of aliphatic hydroxyl groups excluding tert-OH is 2. The second kappa shape index (κ2) is 8.07. The molecule has 9 nitrogen and oxygen atoms in total. The highest BCUT2D eigenvalue weighted by atomic mass is 32.2. The van der Waals surface area contributed by atoms with Crippen LogP contribution in [-0.4, -0.2) is 61.3 Å². The maximum Gasteiger partial charge on any atom is 0.250 e. The first-order chi connectivity index (χ1) is 12.8. The topological polar surface area (TPSA) is 145 Å². The van der Waals surface area contributed by atoms with Crippen LogP contribution in [0.5, 0.6) is 0 Å². The third kappa shape index (κ3) is 4.55. The fourth-order valence-electron chi connectivity index (χ4n) is 3.06. The highest BCUT2D eigenvalue weighted by Crippen LogP contribution is 2.23. The monoisotopic (exact) mass is 415 g/mol. The Morgan fingerprint density at radius 1 is 1.33 bits per heavy atom. The van der Waals surface area contributed by atoms with Gasteiger partial charge in [0.25, 0.3) is 10.0 Å². The van der Waals surface area contributed by atoms with Crippen molar-refractivity contribution >= 4 is 33.2 Å². The number of nitrogens with one attached hydrogen (secondary N) is 3. The third-order valence-corrected chi connectivity index (χ3v) is 7.36. The molecule has 0 unspecified atom stereocenters. The van der Waals surface area contributed by atoms with Crippen LogP contribution in [0.15, 0.2) is 33.4 Å². The van der Waals surface area contributed by atoms with E-state index in [1.807, 2.05) is 0 Å². The van der Waals surface area contributed by atoms with Gasteiger partial charge in [-0.2, -0.15) is 0 Å². The van der Waals surface area contributed by atoms with Crippen molar-refractivity contribution in [1.82, 2.24) is 15.4 Å². The van der Waals surface area contributed by atoms with Crippen molar-refractivity contribution in [2.24, 2.45) is 0 Å². The molecule has 3 rings (SSSR count). The summed E-state index contributed by atoms with van der Waals surface area (Å²) in [5, 5.41) is 27.1. The van der Waals surface area contributed by atoms with E-state index in [0.29, 0.717) is 13.0 Å². The number of aliphatic hydroxyl groups is 2. The standard InChI is InChI=1S/C16H21N3O6S2/c20-12-8-9(15(22)18-10-3-1-5-17-16(10)23)7-11(14(12)21)19-27(24,25)13-4-2-6-26-13/h2,4,6-7,10-12,14,19-21H,1,3,5,8H2,(H,17,23)(H,18,22)/t10-,11+,12+,14+/m0/s1. The van der Waals surface area contributed by atoms with Crippen molar-refractivity contribution in [3.8, 4) is 0 Å². The van der Waals surface area contributed by atoms with Gasteiger partial charge in [-0.15, -0.1) is 11.3 Å². The second-order valence-electron chi connectivity index (χ2n) is 6.49. The normalized spacial score (nSPS) is 29.0. The van der Waals surface area contributed by atoms with Crippen molar-refractivity contribution in [3.63, 3.8) is 0 Å². The summed E-state index contributed by atoms with van der Waals surface area (Å²) in [6.07, 6.45) is -0.316. The maximum atomic E-state index is 12.5. The molecule has 1 aliphatic heterocycles. The van der Waals surface area contributed by atoms with Gasteiger partial charge >= 0.3 is 0 Å². The van der Waals surface area contributed by atoms with Gasteiger partial charge in [0.2, 0.25) is 11.8 Å². The van der Waals surface area contributed by atoms with Gasteiger partial charge in [-0.1, -0.05) is 12.1 Å². The number of hydrogen-bond acceptors (Lipinski definition) is 7. The van der Waals surface area contributed by atoms with Gasteiger partial charge in [0.05, 0.1) is 12.1 Å². The van der Waals surface area contributed by atoms with E-state index in [1.165, 1.54) is 12.1 Å². The molecule has 2 heterocycles. The molecule has 11 heteroatoms. The van der Waals surface area contributed by atoms with E-state index in [-0.39, 0.29) is 22.1 Å². The Morgan fingerprint density at radius 3 is 2.78 bits per heavy atom. The van der Waals surface area contributed by atoms with E-state index in [0.717, 1.165) is 17.8 Å². The van der Waals surface area contributed by atoms with Gasteiger partial charge in [-0.05, 0) is 24.3 Å². The minimum Gasteiger partial charge on any atom is -0.390 e. The van der Waals surface area contributed by atoms with Crippen molar-refractivity contribution < 1.29 is 28.2 Å². The maximum absolute atomic E-state index is 12.5. The molecule has 5 N–H and O–H groups in total. The quantitative estimate of drug-likeness (QED) is 0.410.